The lowest BCUT2D eigenvalue weighted by atomic mass is 9.99. The first-order valence-corrected chi connectivity index (χ1v) is 7.29. The molecule has 2 nitrogen and oxygen atoms in total. The number of halogens is 1. The normalized spacial score (nSPS) is 15.5. The van der Waals surface area contributed by atoms with Gasteiger partial charge in [0.2, 0.25) is 0 Å². The molecule has 102 valence electrons. The lowest BCUT2D eigenvalue weighted by molar-refractivity contribution is 0.533. The van der Waals surface area contributed by atoms with Crippen molar-refractivity contribution in [3.8, 4) is 0 Å². The first-order valence-electron chi connectivity index (χ1n) is 6.14. The Labute approximate surface area is 112 Å². The van der Waals surface area contributed by atoms with Crippen LogP contribution in [0.25, 0.3) is 0 Å². The second-order valence-corrected chi connectivity index (χ2v) is 7.66. The van der Waals surface area contributed by atoms with Gasteiger partial charge in [-0.15, -0.1) is 4.72 Å². The lowest BCUT2D eigenvalue weighted by Gasteiger charge is -2.25. The van der Waals surface area contributed by atoms with Gasteiger partial charge in [-0.05, 0) is 38.8 Å². The van der Waals surface area contributed by atoms with E-state index < -0.39 is 11.4 Å². The smallest absolute Gasteiger partial charge is 0.136 e. The van der Waals surface area contributed by atoms with Crippen LogP contribution in [0.4, 0.5) is 4.39 Å². The van der Waals surface area contributed by atoms with Crippen LogP contribution in [0.2, 0.25) is 0 Å². The Morgan fingerprint density at radius 1 is 1.39 bits per heavy atom. The standard InChI is InChI=1S/C14H22FNOS/c1-10-7-6-8-12(13(10)15)11(2)9-16-18(17)14(3,4)5/h6-8,11,16H,9H2,1-5H3/t11?,18-/m0/s1. The molecule has 0 aromatic heterocycles. The van der Waals surface area contributed by atoms with E-state index in [2.05, 4.69) is 4.72 Å². The van der Waals surface area contributed by atoms with Crippen molar-refractivity contribution < 1.29 is 8.94 Å². The summed E-state index contributed by atoms with van der Waals surface area (Å²) in [5.41, 5.74) is 1.32. The van der Waals surface area contributed by atoms with Gasteiger partial charge < -0.3 is 4.55 Å². The lowest BCUT2D eigenvalue weighted by Crippen LogP contribution is -2.40. The molecule has 1 N–H and O–H groups in total. The zero-order valence-corrected chi connectivity index (χ0v) is 12.5. The average molecular weight is 271 g/mol. The van der Waals surface area contributed by atoms with E-state index in [1.807, 2.05) is 33.8 Å². The van der Waals surface area contributed by atoms with Crippen molar-refractivity contribution in [1.29, 1.82) is 0 Å². The van der Waals surface area contributed by atoms with Crippen molar-refractivity contribution in [2.75, 3.05) is 6.54 Å². The van der Waals surface area contributed by atoms with E-state index in [1.165, 1.54) is 0 Å². The predicted molar refractivity (Wildman–Crippen MR) is 75.5 cm³/mol. The summed E-state index contributed by atoms with van der Waals surface area (Å²) in [6.45, 7) is 9.93. The van der Waals surface area contributed by atoms with Gasteiger partial charge in [-0.25, -0.2) is 4.39 Å². The van der Waals surface area contributed by atoms with Crippen LogP contribution in [0.5, 0.6) is 0 Å². The van der Waals surface area contributed by atoms with Crippen molar-refractivity contribution >= 4 is 11.4 Å². The molecule has 0 heterocycles. The second-order valence-electron chi connectivity index (χ2n) is 5.61. The number of hydrogen-bond acceptors (Lipinski definition) is 2. The van der Waals surface area contributed by atoms with Crippen LogP contribution in [-0.2, 0) is 11.4 Å². The minimum absolute atomic E-state index is 0.00352. The fourth-order valence-corrected chi connectivity index (χ4v) is 2.41. The summed E-state index contributed by atoms with van der Waals surface area (Å²) >= 11 is -1.12. The largest absolute Gasteiger partial charge is 0.598 e. The fourth-order valence-electron chi connectivity index (χ4n) is 1.58. The molecule has 0 fully saturated rings. The molecule has 1 unspecified atom stereocenters. The summed E-state index contributed by atoms with van der Waals surface area (Å²) in [7, 11) is 0. The number of benzene rings is 1. The molecule has 0 aliphatic carbocycles. The Morgan fingerprint density at radius 2 is 2.00 bits per heavy atom. The van der Waals surface area contributed by atoms with Gasteiger partial charge in [-0.1, -0.05) is 25.1 Å². The highest BCUT2D eigenvalue weighted by Crippen LogP contribution is 2.21. The van der Waals surface area contributed by atoms with Gasteiger partial charge in [-0.3, -0.25) is 0 Å². The van der Waals surface area contributed by atoms with Crippen LogP contribution in [-0.4, -0.2) is 15.8 Å². The van der Waals surface area contributed by atoms with E-state index in [4.69, 9.17) is 0 Å². The molecule has 0 radical (unpaired) electrons. The second kappa shape index (κ2) is 6.04. The topological polar surface area (TPSA) is 35.1 Å². The van der Waals surface area contributed by atoms with Crippen LogP contribution in [0.1, 0.15) is 44.7 Å². The van der Waals surface area contributed by atoms with Gasteiger partial charge in [0.1, 0.15) is 10.6 Å². The highest BCUT2D eigenvalue weighted by molar-refractivity contribution is 7.90. The Morgan fingerprint density at radius 3 is 2.56 bits per heavy atom. The predicted octanol–water partition coefficient (Wildman–Crippen LogP) is 3.29. The maximum absolute atomic E-state index is 13.9. The molecular formula is C14H22FNOS. The van der Waals surface area contributed by atoms with Gasteiger partial charge in [-0.2, -0.15) is 0 Å². The van der Waals surface area contributed by atoms with Gasteiger partial charge in [0, 0.05) is 23.8 Å². The van der Waals surface area contributed by atoms with Crippen molar-refractivity contribution in [2.45, 2.75) is 45.3 Å². The summed E-state index contributed by atoms with van der Waals surface area (Å²) in [4.78, 5) is 0. The Bertz CT molecular complexity index is 403. The van der Waals surface area contributed by atoms with Gasteiger partial charge in [0.05, 0.1) is 0 Å². The van der Waals surface area contributed by atoms with Crippen LogP contribution >= 0.6 is 0 Å². The summed E-state index contributed by atoms with van der Waals surface area (Å²) in [5, 5.41) is 0. The molecule has 1 aromatic rings. The summed E-state index contributed by atoms with van der Waals surface area (Å²) in [6.07, 6.45) is 0. The molecule has 0 saturated heterocycles. The first-order chi connectivity index (χ1) is 8.23. The van der Waals surface area contributed by atoms with E-state index >= 15 is 0 Å². The van der Waals surface area contributed by atoms with Gasteiger partial charge in [0.25, 0.3) is 0 Å². The van der Waals surface area contributed by atoms with E-state index in [1.54, 1.807) is 19.1 Å². The maximum Gasteiger partial charge on any atom is 0.136 e. The molecule has 0 spiro atoms. The molecule has 0 bridgehead atoms. The third-order valence-corrected chi connectivity index (χ3v) is 4.37. The SMILES string of the molecule is Cc1cccc(C(C)CN[S@@+]([O-])C(C)(C)C)c1F. The third-order valence-electron chi connectivity index (χ3n) is 2.83. The van der Waals surface area contributed by atoms with Gasteiger partial charge in [0.15, 0.2) is 0 Å². The Balaban J connectivity index is 2.66. The minimum Gasteiger partial charge on any atom is -0.598 e. The molecule has 1 rings (SSSR count). The molecule has 18 heavy (non-hydrogen) atoms. The number of aryl methyl sites for hydroxylation is 1. The molecule has 1 aromatic carbocycles. The van der Waals surface area contributed by atoms with Crippen LogP contribution < -0.4 is 4.72 Å². The highest BCUT2D eigenvalue weighted by atomic mass is 32.2. The van der Waals surface area contributed by atoms with Crippen molar-refractivity contribution in [3.05, 3.63) is 35.1 Å². The molecule has 2 atom stereocenters. The molecule has 0 aliphatic rings. The molecule has 0 saturated carbocycles. The Kier molecular flexibility index (Phi) is 5.20. The summed E-state index contributed by atoms with van der Waals surface area (Å²) in [5.74, 6) is -0.162. The molecule has 0 aliphatic heterocycles. The number of rotatable bonds is 4. The summed E-state index contributed by atoms with van der Waals surface area (Å²) in [6, 6.07) is 5.39. The molecular weight excluding hydrogens is 249 g/mol. The number of hydrogen-bond donors (Lipinski definition) is 1. The van der Waals surface area contributed by atoms with E-state index in [-0.39, 0.29) is 16.5 Å². The fraction of sp³-hybridized carbons (Fsp3) is 0.571. The molecule has 4 heteroatoms. The quantitative estimate of drug-likeness (QED) is 0.853. The zero-order valence-electron chi connectivity index (χ0n) is 11.7. The van der Waals surface area contributed by atoms with Crippen LogP contribution in [0, 0.1) is 12.7 Å². The summed E-state index contributed by atoms with van der Waals surface area (Å²) < 4.78 is 28.4. The van der Waals surface area contributed by atoms with Crippen LogP contribution in [0.3, 0.4) is 0 Å². The third kappa shape index (κ3) is 3.97. The van der Waals surface area contributed by atoms with Crippen molar-refractivity contribution in [2.24, 2.45) is 0 Å². The Hall–Kier alpha value is -0.580. The van der Waals surface area contributed by atoms with E-state index in [9.17, 15) is 8.94 Å². The highest BCUT2D eigenvalue weighted by Gasteiger charge is 2.27. The monoisotopic (exact) mass is 271 g/mol. The average Bonchev–Trinajstić information content (AvgIpc) is 2.27. The zero-order chi connectivity index (χ0) is 13.9. The van der Waals surface area contributed by atoms with Crippen LogP contribution in [0.15, 0.2) is 18.2 Å². The van der Waals surface area contributed by atoms with Crippen molar-refractivity contribution in [1.82, 2.24) is 4.72 Å². The van der Waals surface area contributed by atoms with Crippen molar-refractivity contribution in [3.63, 3.8) is 0 Å². The van der Waals surface area contributed by atoms with Gasteiger partial charge >= 0.3 is 0 Å². The van der Waals surface area contributed by atoms with E-state index in [0.717, 1.165) is 0 Å². The number of nitrogens with one attached hydrogen (secondary N) is 1. The maximum atomic E-state index is 13.9. The minimum atomic E-state index is -1.12. The van der Waals surface area contributed by atoms with E-state index in [0.29, 0.717) is 17.7 Å². The first kappa shape index (κ1) is 15.5. The molecule has 0 amide bonds.